The average molecular weight is 596 g/mol. The lowest BCUT2D eigenvalue weighted by Gasteiger charge is -2.36. The monoisotopic (exact) mass is 595 g/mol. The molecule has 1 aliphatic rings. The Morgan fingerprint density at radius 2 is 1.76 bits per heavy atom. The van der Waals surface area contributed by atoms with Crippen molar-refractivity contribution >= 4 is 39.4 Å². The molecule has 0 saturated carbocycles. The third-order valence-corrected chi connectivity index (χ3v) is 8.70. The Morgan fingerprint density at radius 3 is 2.58 bits per heavy atom. The van der Waals surface area contributed by atoms with Crippen LogP contribution in [0.5, 0.6) is 0 Å². The molecule has 2 heterocycles. The van der Waals surface area contributed by atoms with Crippen molar-refractivity contribution < 1.29 is 14.4 Å². The number of carbonyl (C=O) groups is 3. The number of fused-ring (bicyclic) bond motifs is 2. The second-order valence-corrected chi connectivity index (χ2v) is 11.6. The van der Waals surface area contributed by atoms with E-state index in [1.54, 1.807) is 40.3 Å². The molecule has 2 N–H and O–H groups in total. The summed E-state index contributed by atoms with van der Waals surface area (Å²) in [5.41, 5.74) is 9.45. The summed E-state index contributed by atoms with van der Waals surface area (Å²) >= 11 is 0. The van der Waals surface area contributed by atoms with Gasteiger partial charge < -0.3 is 15.5 Å². The van der Waals surface area contributed by atoms with Crippen LogP contribution in [-0.2, 0) is 27.2 Å². The fraction of sp³-hybridized carbons (Fsp3) is 0.216. The molecule has 0 spiro atoms. The first-order chi connectivity index (χ1) is 21.8. The van der Waals surface area contributed by atoms with Crippen molar-refractivity contribution in [1.29, 1.82) is 5.26 Å². The average Bonchev–Trinajstić information content (AvgIpc) is 3.18. The highest BCUT2D eigenvalue weighted by molar-refractivity contribution is 5.94. The number of aromatic nitrogens is 1. The van der Waals surface area contributed by atoms with Crippen LogP contribution in [0.4, 0.5) is 0 Å². The maximum Gasteiger partial charge on any atom is 0.250 e. The molecule has 1 saturated heterocycles. The number of carbonyl (C=O) groups excluding carboxylic acids is 3. The Labute approximate surface area is 261 Å². The smallest absolute Gasteiger partial charge is 0.250 e. The van der Waals surface area contributed by atoms with Gasteiger partial charge in [0.25, 0.3) is 5.91 Å². The number of nitrogens with zero attached hydrogens (tertiary/aromatic N) is 4. The summed E-state index contributed by atoms with van der Waals surface area (Å²) in [6, 6.07) is 29.9. The summed E-state index contributed by atoms with van der Waals surface area (Å²) < 4.78 is 0. The van der Waals surface area contributed by atoms with Gasteiger partial charge in [-0.25, -0.2) is 0 Å². The van der Waals surface area contributed by atoms with Crippen LogP contribution in [0, 0.1) is 11.3 Å². The van der Waals surface area contributed by atoms with Crippen LogP contribution in [0.2, 0.25) is 0 Å². The molecule has 0 bridgehead atoms. The van der Waals surface area contributed by atoms with E-state index >= 15 is 0 Å². The molecule has 3 unspecified atom stereocenters. The first kappa shape index (κ1) is 29.5. The van der Waals surface area contributed by atoms with Gasteiger partial charge in [0, 0.05) is 30.6 Å². The number of hydrogen-bond donors (Lipinski definition) is 1. The number of rotatable bonds is 7. The second-order valence-electron chi connectivity index (χ2n) is 11.6. The van der Waals surface area contributed by atoms with E-state index in [1.807, 2.05) is 79.7 Å². The highest BCUT2D eigenvalue weighted by atomic mass is 16.2. The van der Waals surface area contributed by atoms with Crippen molar-refractivity contribution in [3.05, 3.63) is 126 Å². The fourth-order valence-electron chi connectivity index (χ4n) is 6.43. The van der Waals surface area contributed by atoms with Gasteiger partial charge in [-0.2, -0.15) is 5.26 Å². The van der Waals surface area contributed by atoms with Crippen LogP contribution in [0.1, 0.15) is 41.6 Å². The molecule has 0 aliphatic carbocycles. The minimum Gasteiger partial charge on any atom is -0.368 e. The molecule has 3 amide bonds. The SMILES string of the molecule is CC1CCN(C(Cc2cccc3ccccc23)C(N)=O)C(=O)C(c2cccc(C#N)c2)N1C(=O)Cc1ccc2ncccc2c1. The number of pyridine rings is 1. The quantitative estimate of drug-likeness (QED) is 0.281. The standard InChI is InChI=1S/C37H33N5O3/c1-24-16-18-41(33(36(39)44)22-28-10-5-9-27-8-2-3-13-31(27)28)37(45)35(30-11-4-7-26(20-30)23-38)42(24)34(43)21-25-14-15-32-29(19-25)12-6-17-40-32/h2-15,17,19-20,24,33,35H,16,18,21-22H2,1H3,(H2,39,44). The van der Waals surface area contributed by atoms with Gasteiger partial charge in [-0.05, 0) is 71.1 Å². The van der Waals surface area contributed by atoms with Crippen LogP contribution >= 0.6 is 0 Å². The zero-order valence-electron chi connectivity index (χ0n) is 25.0. The van der Waals surface area contributed by atoms with E-state index in [2.05, 4.69) is 11.1 Å². The van der Waals surface area contributed by atoms with E-state index in [9.17, 15) is 19.6 Å². The summed E-state index contributed by atoms with van der Waals surface area (Å²) in [5.74, 6) is -1.23. The zero-order valence-corrected chi connectivity index (χ0v) is 25.0. The molecular formula is C37H33N5O3. The fourth-order valence-corrected chi connectivity index (χ4v) is 6.43. The molecular weight excluding hydrogens is 562 g/mol. The number of benzene rings is 4. The molecule has 1 fully saturated rings. The van der Waals surface area contributed by atoms with Crippen LogP contribution in [0.15, 0.2) is 103 Å². The maximum absolute atomic E-state index is 14.7. The van der Waals surface area contributed by atoms with Gasteiger partial charge in [0.15, 0.2) is 0 Å². The van der Waals surface area contributed by atoms with Crippen molar-refractivity contribution in [3.8, 4) is 6.07 Å². The molecule has 45 heavy (non-hydrogen) atoms. The van der Waals surface area contributed by atoms with E-state index < -0.39 is 23.9 Å². The van der Waals surface area contributed by atoms with Gasteiger partial charge in [-0.1, -0.05) is 66.7 Å². The molecule has 0 radical (unpaired) electrons. The van der Waals surface area contributed by atoms with Gasteiger partial charge in [0.1, 0.15) is 12.1 Å². The van der Waals surface area contributed by atoms with E-state index in [4.69, 9.17) is 5.73 Å². The van der Waals surface area contributed by atoms with Crippen LogP contribution in [0.25, 0.3) is 21.7 Å². The minimum absolute atomic E-state index is 0.0755. The molecule has 1 aromatic heterocycles. The number of hydrogen-bond acceptors (Lipinski definition) is 5. The summed E-state index contributed by atoms with van der Waals surface area (Å²) in [6.45, 7) is 2.17. The molecule has 224 valence electrons. The maximum atomic E-state index is 14.7. The lowest BCUT2D eigenvalue weighted by atomic mass is 9.96. The van der Waals surface area contributed by atoms with E-state index in [0.717, 1.165) is 32.8 Å². The van der Waals surface area contributed by atoms with Crippen LogP contribution < -0.4 is 5.73 Å². The second kappa shape index (κ2) is 12.6. The molecule has 4 aromatic carbocycles. The van der Waals surface area contributed by atoms with Crippen molar-refractivity contribution in [2.75, 3.05) is 6.54 Å². The number of nitrogens with two attached hydrogens (primary N) is 1. The van der Waals surface area contributed by atoms with Gasteiger partial charge in [-0.15, -0.1) is 0 Å². The van der Waals surface area contributed by atoms with Crippen molar-refractivity contribution in [3.63, 3.8) is 0 Å². The highest BCUT2D eigenvalue weighted by Crippen LogP contribution is 2.33. The topological polar surface area (TPSA) is 120 Å². The van der Waals surface area contributed by atoms with Gasteiger partial charge >= 0.3 is 0 Å². The largest absolute Gasteiger partial charge is 0.368 e. The number of nitriles is 1. The van der Waals surface area contributed by atoms with Gasteiger partial charge in [-0.3, -0.25) is 19.4 Å². The number of primary amides is 1. The first-order valence-electron chi connectivity index (χ1n) is 15.1. The third kappa shape index (κ3) is 5.98. The summed E-state index contributed by atoms with van der Waals surface area (Å²) in [5, 5.41) is 12.6. The summed E-state index contributed by atoms with van der Waals surface area (Å²) in [6.07, 6.45) is 2.49. The Hall–Kier alpha value is -5.55. The summed E-state index contributed by atoms with van der Waals surface area (Å²) in [7, 11) is 0. The molecule has 5 aromatic rings. The van der Waals surface area contributed by atoms with E-state index in [-0.39, 0.29) is 31.3 Å². The Balaban J connectivity index is 1.39. The Kier molecular flexibility index (Phi) is 8.26. The minimum atomic E-state index is -1.04. The van der Waals surface area contributed by atoms with E-state index in [0.29, 0.717) is 17.5 Å². The number of amides is 3. The van der Waals surface area contributed by atoms with E-state index in [1.165, 1.54) is 0 Å². The third-order valence-electron chi connectivity index (χ3n) is 8.70. The predicted molar refractivity (Wildman–Crippen MR) is 173 cm³/mol. The van der Waals surface area contributed by atoms with Crippen molar-refractivity contribution in [1.82, 2.24) is 14.8 Å². The predicted octanol–water partition coefficient (Wildman–Crippen LogP) is 5.09. The molecule has 8 nitrogen and oxygen atoms in total. The van der Waals surface area contributed by atoms with Crippen LogP contribution in [0.3, 0.4) is 0 Å². The highest BCUT2D eigenvalue weighted by Gasteiger charge is 2.43. The van der Waals surface area contributed by atoms with Crippen LogP contribution in [-0.4, -0.2) is 51.1 Å². The Bertz CT molecular complexity index is 1960. The Morgan fingerprint density at radius 1 is 0.978 bits per heavy atom. The molecule has 6 rings (SSSR count). The molecule has 8 heteroatoms. The first-order valence-corrected chi connectivity index (χ1v) is 15.1. The lowest BCUT2D eigenvalue weighted by Crippen LogP contribution is -2.52. The van der Waals surface area contributed by atoms with Crippen molar-refractivity contribution in [2.45, 2.75) is 44.3 Å². The normalized spacial score (nSPS) is 17.6. The molecule has 3 atom stereocenters. The summed E-state index contributed by atoms with van der Waals surface area (Å²) in [4.78, 5) is 49.5. The molecule has 1 aliphatic heterocycles. The van der Waals surface area contributed by atoms with Gasteiger partial charge in [0.2, 0.25) is 11.8 Å². The zero-order chi connectivity index (χ0) is 31.5. The van der Waals surface area contributed by atoms with Crippen molar-refractivity contribution in [2.24, 2.45) is 5.73 Å². The lowest BCUT2D eigenvalue weighted by molar-refractivity contribution is -0.148. The van der Waals surface area contributed by atoms with Gasteiger partial charge in [0.05, 0.1) is 23.6 Å².